The highest BCUT2D eigenvalue weighted by molar-refractivity contribution is 5.68. The van der Waals surface area contributed by atoms with Crippen molar-refractivity contribution in [1.82, 2.24) is 5.32 Å². The third kappa shape index (κ3) is 10.1. The van der Waals surface area contributed by atoms with Crippen molar-refractivity contribution in [2.24, 2.45) is 0 Å². The van der Waals surface area contributed by atoms with E-state index in [0.717, 1.165) is 23.0 Å². The van der Waals surface area contributed by atoms with Crippen LogP contribution in [0.2, 0.25) is 0 Å². The van der Waals surface area contributed by atoms with Crippen LogP contribution >= 0.6 is 0 Å². The lowest BCUT2D eigenvalue weighted by Crippen LogP contribution is -2.49. The molecule has 4 heteroatoms. The van der Waals surface area contributed by atoms with Crippen molar-refractivity contribution in [2.75, 3.05) is 27.2 Å². The highest BCUT2D eigenvalue weighted by Gasteiger charge is 2.25. The monoisotopic (exact) mass is 349 g/mol. The van der Waals surface area contributed by atoms with Gasteiger partial charge in [0.15, 0.2) is 0 Å². The second-order valence-corrected chi connectivity index (χ2v) is 8.26. The number of nitrogens with zero attached hydrogens (tertiary/aromatic N) is 1. The Kier molecular flexibility index (Phi) is 8.98. The Morgan fingerprint density at radius 1 is 1.08 bits per heavy atom. The average Bonchev–Trinajstić information content (AvgIpc) is 2.56. The van der Waals surface area contributed by atoms with Crippen LogP contribution in [0.3, 0.4) is 0 Å². The first-order valence-corrected chi connectivity index (χ1v) is 9.55. The number of carbonyl (C=O) groups is 1. The zero-order valence-corrected chi connectivity index (χ0v) is 16.8. The number of alkyl carbamates (subject to hydrolysis) is 1. The molecule has 1 N–H and O–H groups in total. The van der Waals surface area contributed by atoms with Gasteiger partial charge in [-0.2, -0.15) is 0 Å². The molecule has 0 fully saturated rings. The minimum atomic E-state index is -0.345. The van der Waals surface area contributed by atoms with Crippen LogP contribution < -0.4 is 5.32 Å². The summed E-state index contributed by atoms with van der Waals surface area (Å²) in [6, 6.07) is 9.75. The Bertz CT molecular complexity index is 498. The van der Waals surface area contributed by atoms with E-state index in [-0.39, 0.29) is 11.6 Å². The van der Waals surface area contributed by atoms with Gasteiger partial charge in [-0.15, -0.1) is 0 Å². The number of unbranched alkanes of at least 4 members (excludes halogenated alkanes) is 3. The quantitative estimate of drug-likeness (QED) is 0.463. The Labute approximate surface area is 154 Å². The molecule has 0 aromatic heterocycles. The maximum Gasteiger partial charge on any atom is 0.407 e. The largest absolute Gasteiger partial charge is 0.445 e. The van der Waals surface area contributed by atoms with Crippen molar-refractivity contribution in [1.29, 1.82) is 0 Å². The normalized spacial score (nSPS) is 12.0. The molecular formula is C21H37N2O2+. The molecule has 0 aliphatic rings. The maximum absolute atomic E-state index is 12.1. The summed E-state index contributed by atoms with van der Waals surface area (Å²) in [5.41, 5.74) is 0.729. The molecule has 1 aromatic carbocycles. The molecule has 1 amide bonds. The molecule has 1 rings (SSSR count). The van der Waals surface area contributed by atoms with Crippen molar-refractivity contribution < 1.29 is 14.0 Å². The van der Waals surface area contributed by atoms with Crippen LogP contribution in [0.25, 0.3) is 0 Å². The van der Waals surface area contributed by atoms with Crippen LogP contribution in [0, 0.1) is 0 Å². The van der Waals surface area contributed by atoms with Gasteiger partial charge in [-0.1, -0.05) is 50.1 Å². The Morgan fingerprint density at radius 3 is 2.40 bits per heavy atom. The first kappa shape index (κ1) is 21.5. The second kappa shape index (κ2) is 10.4. The molecule has 4 nitrogen and oxygen atoms in total. The predicted molar refractivity (Wildman–Crippen MR) is 104 cm³/mol. The Hall–Kier alpha value is -1.55. The van der Waals surface area contributed by atoms with Crippen molar-refractivity contribution in [2.45, 2.75) is 65.0 Å². The van der Waals surface area contributed by atoms with Crippen LogP contribution in [0.1, 0.15) is 58.4 Å². The number of quaternary nitrogens is 1. The third-order valence-electron chi connectivity index (χ3n) is 4.61. The standard InChI is InChI=1S/C21H36N2O2/c1-6-7-8-12-16-23(4,5)17-15-21(2,3)22-20(24)25-18-19-13-10-9-11-14-19/h9-11,13-14H,6-8,12,15-18H2,1-5H3/p+1. The molecule has 0 spiro atoms. The summed E-state index contributed by atoms with van der Waals surface area (Å²) in [6.07, 6.45) is 5.76. The second-order valence-electron chi connectivity index (χ2n) is 8.26. The van der Waals surface area contributed by atoms with Crippen molar-refractivity contribution >= 4 is 6.09 Å². The maximum atomic E-state index is 12.1. The van der Waals surface area contributed by atoms with Crippen LogP contribution in [0.4, 0.5) is 4.79 Å². The van der Waals surface area contributed by atoms with E-state index in [0.29, 0.717) is 6.61 Å². The topological polar surface area (TPSA) is 38.3 Å². The number of rotatable bonds is 11. The van der Waals surface area contributed by atoms with Gasteiger partial charge in [0.1, 0.15) is 6.61 Å². The van der Waals surface area contributed by atoms with Gasteiger partial charge < -0.3 is 14.5 Å². The van der Waals surface area contributed by atoms with E-state index in [9.17, 15) is 4.79 Å². The van der Waals surface area contributed by atoms with E-state index in [1.807, 2.05) is 30.3 Å². The van der Waals surface area contributed by atoms with E-state index in [4.69, 9.17) is 4.74 Å². The molecule has 0 bridgehead atoms. The van der Waals surface area contributed by atoms with Gasteiger partial charge in [0, 0.05) is 12.0 Å². The molecule has 142 valence electrons. The van der Waals surface area contributed by atoms with Crippen LogP contribution in [-0.4, -0.2) is 43.3 Å². The Balaban J connectivity index is 2.32. The predicted octanol–water partition coefficient (Wildman–Crippen LogP) is 4.74. The molecule has 25 heavy (non-hydrogen) atoms. The average molecular weight is 350 g/mol. The summed E-state index contributed by atoms with van der Waals surface area (Å²) in [6.45, 7) is 8.90. The van der Waals surface area contributed by atoms with E-state index in [1.165, 1.54) is 32.2 Å². The van der Waals surface area contributed by atoms with Crippen molar-refractivity contribution in [3.8, 4) is 0 Å². The fourth-order valence-corrected chi connectivity index (χ4v) is 2.76. The number of hydrogen-bond donors (Lipinski definition) is 1. The van der Waals surface area contributed by atoms with Crippen molar-refractivity contribution in [3.63, 3.8) is 0 Å². The van der Waals surface area contributed by atoms with Crippen molar-refractivity contribution in [3.05, 3.63) is 35.9 Å². The smallest absolute Gasteiger partial charge is 0.407 e. The molecule has 0 aliphatic carbocycles. The number of amides is 1. The highest BCUT2D eigenvalue weighted by atomic mass is 16.5. The van der Waals surface area contributed by atoms with E-state index in [1.54, 1.807) is 0 Å². The first-order valence-electron chi connectivity index (χ1n) is 9.55. The molecule has 0 radical (unpaired) electrons. The summed E-state index contributed by atoms with van der Waals surface area (Å²) >= 11 is 0. The fraction of sp³-hybridized carbons (Fsp3) is 0.667. The Morgan fingerprint density at radius 2 is 1.76 bits per heavy atom. The molecule has 0 saturated carbocycles. The van der Waals surface area contributed by atoms with Crippen LogP contribution in [0.15, 0.2) is 30.3 Å². The molecule has 0 heterocycles. The number of benzene rings is 1. The molecule has 0 saturated heterocycles. The summed E-state index contributed by atoms with van der Waals surface area (Å²) in [5, 5.41) is 3.00. The molecule has 0 atom stereocenters. The lowest BCUT2D eigenvalue weighted by molar-refractivity contribution is -0.891. The van der Waals surface area contributed by atoms with Crippen LogP contribution in [-0.2, 0) is 11.3 Å². The fourth-order valence-electron chi connectivity index (χ4n) is 2.76. The minimum Gasteiger partial charge on any atom is -0.445 e. The number of carbonyl (C=O) groups excluding carboxylic acids is 1. The van der Waals surface area contributed by atoms with Gasteiger partial charge in [0.2, 0.25) is 0 Å². The SMILES string of the molecule is CCCCCC[N+](C)(C)CCC(C)(C)NC(=O)OCc1ccccc1. The molecular weight excluding hydrogens is 312 g/mol. The van der Waals surface area contributed by atoms with Gasteiger partial charge in [0.05, 0.1) is 27.2 Å². The van der Waals surface area contributed by atoms with Gasteiger partial charge in [-0.05, 0) is 32.3 Å². The minimum absolute atomic E-state index is 0.271. The molecule has 0 unspecified atom stereocenters. The number of ether oxygens (including phenoxy) is 1. The summed E-state index contributed by atoms with van der Waals surface area (Å²) in [4.78, 5) is 12.1. The third-order valence-corrected chi connectivity index (χ3v) is 4.61. The summed E-state index contributed by atoms with van der Waals surface area (Å²) < 4.78 is 6.33. The van der Waals surface area contributed by atoms with Gasteiger partial charge in [-0.3, -0.25) is 0 Å². The lowest BCUT2D eigenvalue weighted by Gasteiger charge is -2.34. The van der Waals surface area contributed by atoms with E-state index in [2.05, 4.69) is 40.2 Å². The van der Waals surface area contributed by atoms with E-state index >= 15 is 0 Å². The first-order chi connectivity index (χ1) is 11.7. The van der Waals surface area contributed by atoms with Gasteiger partial charge in [0.25, 0.3) is 0 Å². The number of nitrogens with one attached hydrogen (secondary N) is 1. The highest BCUT2D eigenvalue weighted by Crippen LogP contribution is 2.14. The van der Waals surface area contributed by atoms with Gasteiger partial charge >= 0.3 is 6.09 Å². The van der Waals surface area contributed by atoms with E-state index < -0.39 is 0 Å². The van der Waals surface area contributed by atoms with Crippen LogP contribution in [0.5, 0.6) is 0 Å². The summed E-state index contributed by atoms with van der Waals surface area (Å²) in [7, 11) is 4.55. The summed E-state index contributed by atoms with van der Waals surface area (Å²) in [5.74, 6) is 0. The lowest BCUT2D eigenvalue weighted by atomic mass is 10.00. The molecule has 1 aromatic rings. The zero-order chi connectivity index (χ0) is 18.8. The zero-order valence-electron chi connectivity index (χ0n) is 16.8. The van der Waals surface area contributed by atoms with Gasteiger partial charge in [-0.25, -0.2) is 4.79 Å². The molecule has 0 aliphatic heterocycles. The number of hydrogen-bond acceptors (Lipinski definition) is 2.